The lowest BCUT2D eigenvalue weighted by Gasteiger charge is -2.18. The van der Waals surface area contributed by atoms with E-state index in [0.717, 1.165) is 6.54 Å². The van der Waals surface area contributed by atoms with Gasteiger partial charge in [-0.25, -0.2) is 0 Å². The molecular weight excluding hydrogens is 254 g/mol. The van der Waals surface area contributed by atoms with Crippen LogP contribution in [0, 0.1) is 0 Å². The van der Waals surface area contributed by atoms with Crippen molar-refractivity contribution >= 4 is 0 Å². The Labute approximate surface area is 132 Å². The Hall–Kier alpha value is -0.820. The first-order valence-corrected chi connectivity index (χ1v) is 9.16. The first-order chi connectivity index (χ1) is 10.4. The molecule has 0 aromatic heterocycles. The van der Waals surface area contributed by atoms with E-state index in [1.165, 1.54) is 69.8 Å². The van der Waals surface area contributed by atoms with Gasteiger partial charge in [-0.1, -0.05) is 102 Å². The highest BCUT2D eigenvalue weighted by Crippen LogP contribution is 2.20. The maximum Gasteiger partial charge on any atom is 0.0320 e. The van der Waals surface area contributed by atoms with Crippen LogP contribution in [0.3, 0.4) is 0 Å². The topological polar surface area (TPSA) is 12.0 Å². The van der Waals surface area contributed by atoms with Gasteiger partial charge in [-0.3, -0.25) is 0 Å². The van der Waals surface area contributed by atoms with E-state index in [-0.39, 0.29) is 0 Å². The quantitative estimate of drug-likeness (QED) is 0.423. The van der Waals surface area contributed by atoms with Gasteiger partial charge in [0, 0.05) is 6.04 Å². The molecule has 1 atom stereocenters. The van der Waals surface area contributed by atoms with Gasteiger partial charge in [0.25, 0.3) is 0 Å². The second kappa shape index (κ2) is 12.9. The second-order valence-electron chi connectivity index (χ2n) is 6.14. The van der Waals surface area contributed by atoms with Crippen LogP contribution in [0.15, 0.2) is 30.3 Å². The molecule has 0 saturated heterocycles. The summed E-state index contributed by atoms with van der Waals surface area (Å²) in [5, 5.41) is 3.62. The van der Waals surface area contributed by atoms with E-state index >= 15 is 0 Å². The molecule has 1 aromatic rings. The minimum atomic E-state index is 0.542. The van der Waals surface area contributed by atoms with Crippen molar-refractivity contribution in [2.24, 2.45) is 0 Å². The smallest absolute Gasteiger partial charge is 0.0320 e. The van der Waals surface area contributed by atoms with Crippen molar-refractivity contribution in [2.45, 2.75) is 84.1 Å². The van der Waals surface area contributed by atoms with Crippen molar-refractivity contribution in [1.29, 1.82) is 0 Å². The Bertz CT molecular complexity index is 320. The third-order valence-electron chi connectivity index (χ3n) is 4.25. The molecule has 1 N–H and O–H groups in total. The SMILES string of the molecule is CCCCCCCCCCCC(NCC)c1ccccc1. The Kier molecular flexibility index (Phi) is 11.2. The van der Waals surface area contributed by atoms with Crippen molar-refractivity contribution in [3.05, 3.63) is 35.9 Å². The number of hydrogen-bond acceptors (Lipinski definition) is 1. The molecule has 0 aliphatic rings. The second-order valence-corrected chi connectivity index (χ2v) is 6.14. The lowest BCUT2D eigenvalue weighted by molar-refractivity contribution is 0.474. The fourth-order valence-corrected chi connectivity index (χ4v) is 2.98. The van der Waals surface area contributed by atoms with Crippen molar-refractivity contribution in [1.82, 2.24) is 5.32 Å². The summed E-state index contributed by atoms with van der Waals surface area (Å²) in [6.07, 6.45) is 13.9. The van der Waals surface area contributed by atoms with Crippen molar-refractivity contribution in [2.75, 3.05) is 6.54 Å². The summed E-state index contributed by atoms with van der Waals surface area (Å²) < 4.78 is 0. The minimum Gasteiger partial charge on any atom is -0.310 e. The van der Waals surface area contributed by atoms with Crippen LogP contribution in [0.4, 0.5) is 0 Å². The third-order valence-corrected chi connectivity index (χ3v) is 4.25. The first-order valence-electron chi connectivity index (χ1n) is 9.16. The Morgan fingerprint density at radius 3 is 1.90 bits per heavy atom. The zero-order chi connectivity index (χ0) is 15.2. The highest BCUT2D eigenvalue weighted by Gasteiger charge is 2.08. The molecule has 0 spiro atoms. The van der Waals surface area contributed by atoms with Crippen LogP contribution in [0.5, 0.6) is 0 Å². The zero-order valence-electron chi connectivity index (χ0n) is 14.2. The third kappa shape index (κ3) is 8.93. The summed E-state index contributed by atoms with van der Waals surface area (Å²) in [6.45, 7) is 5.54. The van der Waals surface area contributed by atoms with E-state index in [0.29, 0.717) is 6.04 Å². The molecule has 0 aliphatic heterocycles. The van der Waals surface area contributed by atoms with Gasteiger partial charge >= 0.3 is 0 Å². The van der Waals surface area contributed by atoms with Crippen LogP contribution in [0.2, 0.25) is 0 Å². The van der Waals surface area contributed by atoms with Crippen LogP contribution in [0.1, 0.15) is 89.7 Å². The lowest BCUT2D eigenvalue weighted by Crippen LogP contribution is -2.20. The summed E-state index contributed by atoms with van der Waals surface area (Å²) in [4.78, 5) is 0. The van der Waals surface area contributed by atoms with E-state index in [2.05, 4.69) is 49.5 Å². The van der Waals surface area contributed by atoms with Gasteiger partial charge in [0.2, 0.25) is 0 Å². The van der Waals surface area contributed by atoms with Gasteiger partial charge in [0.1, 0.15) is 0 Å². The highest BCUT2D eigenvalue weighted by atomic mass is 14.9. The maximum absolute atomic E-state index is 3.62. The van der Waals surface area contributed by atoms with Crippen LogP contribution in [0.25, 0.3) is 0 Å². The molecule has 1 rings (SSSR count). The van der Waals surface area contributed by atoms with Crippen molar-refractivity contribution < 1.29 is 0 Å². The molecule has 0 bridgehead atoms. The van der Waals surface area contributed by atoms with Crippen LogP contribution in [-0.2, 0) is 0 Å². The van der Waals surface area contributed by atoms with Gasteiger partial charge in [-0.15, -0.1) is 0 Å². The molecule has 120 valence electrons. The fourth-order valence-electron chi connectivity index (χ4n) is 2.98. The average molecular weight is 290 g/mol. The monoisotopic (exact) mass is 289 g/mol. The minimum absolute atomic E-state index is 0.542. The van der Waals surface area contributed by atoms with Gasteiger partial charge in [-0.2, -0.15) is 0 Å². The zero-order valence-corrected chi connectivity index (χ0v) is 14.2. The summed E-state index contributed by atoms with van der Waals surface area (Å²) in [6, 6.07) is 11.4. The van der Waals surface area contributed by atoms with Gasteiger partial charge < -0.3 is 5.32 Å². The Morgan fingerprint density at radius 1 is 0.762 bits per heavy atom. The average Bonchev–Trinajstić information content (AvgIpc) is 2.53. The van der Waals surface area contributed by atoms with E-state index in [1.807, 2.05) is 0 Å². The van der Waals surface area contributed by atoms with Crippen molar-refractivity contribution in [3.63, 3.8) is 0 Å². The molecular formula is C20H35N. The summed E-state index contributed by atoms with van der Waals surface area (Å²) in [7, 11) is 0. The predicted octanol–water partition coefficient (Wildman–Crippen LogP) is 6.26. The molecule has 1 heteroatoms. The number of hydrogen-bond donors (Lipinski definition) is 1. The molecule has 0 saturated carbocycles. The predicted molar refractivity (Wildman–Crippen MR) is 94.7 cm³/mol. The molecule has 0 amide bonds. The molecule has 1 aromatic carbocycles. The molecule has 0 radical (unpaired) electrons. The van der Waals surface area contributed by atoms with E-state index in [1.54, 1.807) is 0 Å². The van der Waals surface area contributed by atoms with E-state index in [4.69, 9.17) is 0 Å². The Morgan fingerprint density at radius 2 is 1.33 bits per heavy atom. The molecule has 0 heterocycles. The molecule has 0 aliphatic carbocycles. The summed E-state index contributed by atoms with van der Waals surface area (Å²) in [5.74, 6) is 0. The summed E-state index contributed by atoms with van der Waals surface area (Å²) >= 11 is 0. The largest absolute Gasteiger partial charge is 0.310 e. The van der Waals surface area contributed by atoms with Crippen LogP contribution in [-0.4, -0.2) is 6.54 Å². The fraction of sp³-hybridized carbons (Fsp3) is 0.700. The van der Waals surface area contributed by atoms with Gasteiger partial charge in [-0.05, 0) is 18.5 Å². The number of rotatable bonds is 13. The normalized spacial score (nSPS) is 12.5. The van der Waals surface area contributed by atoms with E-state index in [9.17, 15) is 0 Å². The maximum atomic E-state index is 3.62. The molecule has 21 heavy (non-hydrogen) atoms. The van der Waals surface area contributed by atoms with Crippen LogP contribution < -0.4 is 5.32 Å². The molecule has 0 fully saturated rings. The first kappa shape index (κ1) is 18.2. The van der Waals surface area contributed by atoms with E-state index < -0.39 is 0 Å². The van der Waals surface area contributed by atoms with Crippen LogP contribution >= 0.6 is 0 Å². The molecule has 1 nitrogen and oxygen atoms in total. The summed E-state index contributed by atoms with van der Waals surface area (Å²) in [5.41, 5.74) is 1.44. The standard InChI is InChI=1S/C20H35N/c1-3-5-6-7-8-9-10-11-15-18-20(21-4-2)19-16-13-12-14-17-19/h12-14,16-17,20-21H,3-11,15,18H2,1-2H3. The number of nitrogens with one attached hydrogen (secondary N) is 1. The molecule has 1 unspecified atom stereocenters. The lowest BCUT2D eigenvalue weighted by atomic mass is 9.99. The highest BCUT2D eigenvalue weighted by molar-refractivity contribution is 5.18. The Balaban J connectivity index is 2.09. The number of benzene rings is 1. The number of unbranched alkanes of at least 4 members (excludes halogenated alkanes) is 8. The van der Waals surface area contributed by atoms with Gasteiger partial charge in [0.05, 0.1) is 0 Å². The van der Waals surface area contributed by atoms with Gasteiger partial charge in [0.15, 0.2) is 0 Å². The van der Waals surface area contributed by atoms with Crippen molar-refractivity contribution in [3.8, 4) is 0 Å².